The highest BCUT2D eigenvalue weighted by Crippen LogP contribution is 2.39. The molecule has 2 amide bonds. The molecule has 1 atom stereocenters. The monoisotopic (exact) mass is 399 g/mol. The average molecular weight is 400 g/mol. The predicted octanol–water partition coefficient (Wildman–Crippen LogP) is 2.76. The summed E-state index contributed by atoms with van der Waals surface area (Å²) in [4.78, 5) is 26.6. The van der Waals surface area contributed by atoms with Crippen LogP contribution in [-0.2, 0) is 16.0 Å². The molecule has 28 heavy (non-hydrogen) atoms. The van der Waals surface area contributed by atoms with Crippen molar-refractivity contribution in [3.05, 3.63) is 53.6 Å². The number of halogens is 1. The van der Waals surface area contributed by atoms with Crippen LogP contribution in [0.3, 0.4) is 0 Å². The van der Waals surface area contributed by atoms with Crippen molar-refractivity contribution in [1.82, 2.24) is 10.6 Å². The third-order valence-electron chi connectivity index (χ3n) is 5.49. The van der Waals surface area contributed by atoms with Crippen molar-refractivity contribution >= 4 is 29.9 Å². The van der Waals surface area contributed by atoms with Crippen LogP contribution in [0.1, 0.15) is 24.0 Å². The highest BCUT2D eigenvalue weighted by atomic mass is 35.5. The molecule has 2 aliphatic rings. The van der Waals surface area contributed by atoms with E-state index in [1.807, 2.05) is 13.1 Å². The Labute approximate surface area is 171 Å². The Balaban J connectivity index is 0.00000225. The summed E-state index contributed by atoms with van der Waals surface area (Å²) in [6.45, 7) is 1.97. The molecule has 2 N–H and O–H groups in total. The lowest BCUT2D eigenvalue weighted by Crippen LogP contribution is -2.34. The second-order valence-corrected chi connectivity index (χ2v) is 7.33. The smallest absolute Gasteiger partial charge is 0.227 e. The van der Waals surface area contributed by atoms with Crippen molar-refractivity contribution in [1.29, 1.82) is 0 Å². The van der Waals surface area contributed by atoms with E-state index in [0.29, 0.717) is 13.1 Å². The van der Waals surface area contributed by atoms with E-state index in [9.17, 15) is 9.59 Å². The van der Waals surface area contributed by atoms with E-state index in [0.717, 1.165) is 25.1 Å². The summed E-state index contributed by atoms with van der Waals surface area (Å²) < 4.78 is 0. The molecule has 0 bridgehead atoms. The van der Waals surface area contributed by atoms with E-state index in [-0.39, 0.29) is 36.6 Å². The van der Waals surface area contributed by atoms with Crippen molar-refractivity contribution in [2.45, 2.75) is 19.3 Å². The van der Waals surface area contributed by atoms with Crippen molar-refractivity contribution in [2.75, 3.05) is 31.6 Å². The Morgan fingerprint density at radius 3 is 2.71 bits per heavy atom. The fourth-order valence-electron chi connectivity index (χ4n) is 4.05. The highest BCUT2D eigenvalue weighted by molar-refractivity contribution is 6.00. The van der Waals surface area contributed by atoms with Crippen LogP contribution in [0.2, 0.25) is 0 Å². The van der Waals surface area contributed by atoms with Gasteiger partial charge in [-0.25, -0.2) is 0 Å². The molecule has 2 aromatic carbocycles. The van der Waals surface area contributed by atoms with Gasteiger partial charge in [-0.1, -0.05) is 30.3 Å². The zero-order valence-corrected chi connectivity index (χ0v) is 16.8. The summed E-state index contributed by atoms with van der Waals surface area (Å²) in [5.41, 5.74) is 6.01. The number of nitrogens with zero attached hydrogens (tertiary/aromatic N) is 1. The first-order valence-electron chi connectivity index (χ1n) is 9.61. The average Bonchev–Trinajstić information content (AvgIpc) is 3.25. The summed E-state index contributed by atoms with van der Waals surface area (Å²) in [5.74, 6) is -0.256. The fourth-order valence-corrected chi connectivity index (χ4v) is 4.05. The topological polar surface area (TPSA) is 61.4 Å². The standard InChI is InChI=1S/C22H25N3O2.ClH/c1-23-9-4-10-24-22(27)17-13-21(26)25(14-17)18-7-8-20-16(12-18)11-15-5-2-3-6-19(15)20;/h2-3,5-8,12,17,23H,4,9-11,13-14H2,1H3,(H,24,27);1H. The molecule has 6 heteroatoms. The SMILES string of the molecule is CNCCCNC(=O)C1CC(=O)N(c2ccc3c(c2)Cc2ccccc2-3)C1.Cl. The molecule has 2 aromatic rings. The van der Waals surface area contributed by atoms with Gasteiger partial charge in [0.05, 0.1) is 5.92 Å². The second-order valence-electron chi connectivity index (χ2n) is 7.33. The molecule has 0 spiro atoms. The molecule has 1 fully saturated rings. The number of carbonyl (C=O) groups excluding carboxylic acids is 2. The van der Waals surface area contributed by atoms with Crippen LogP contribution in [0, 0.1) is 5.92 Å². The highest BCUT2D eigenvalue weighted by Gasteiger charge is 2.35. The van der Waals surface area contributed by atoms with E-state index < -0.39 is 0 Å². The van der Waals surface area contributed by atoms with Crippen LogP contribution in [-0.4, -0.2) is 38.5 Å². The van der Waals surface area contributed by atoms with Crippen LogP contribution in [0.15, 0.2) is 42.5 Å². The molecule has 0 saturated carbocycles. The normalized spacial score (nSPS) is 17.1. The molecule has 1 unspecified atom stereocenters. The predicted molar refractivity (Wildman–Crippen MR) is 114 cm³/mol. The zero-order valence-electron chi connectivity index (χ0n) is 16.0. The number of rotatable bonds is 6. The van der Waals surface area contributed by atoms with Crippen molar-refractivity contribution in [3.63, 3.8) is 0 Å². The Kier molecular flexibility index (Phi) is 6.37. The summed E-state index contributed by atoms with van der Waals surface area (Å²) in [7, 11) is 1.89. The van der Waals surface area contributed by atoms with E-state index in [2.05, 4.69) is 47.0 Å². The van der Waals surface area contributed by atoms with Gasteiger partial charge < -0.3 is 15.5 Å². The third-order valence-corrected chi connectivity index (χ3v) is 5.49. The first kappa shape index (κ1) is 20.4. The van der Waals surface area contributed by atoms with Gasteiger partial charge >= 0.3 is 0 Å². The van der Waals surface area contributed by atoms with Crippen LogP contribution in [0.5, 0.6) is 0 Å². The molecule has 1 aliphatic heterocycles. The number of hydrogen-bond donors (Lipinski definition) is 2. The van der Waals surface area contributed by atoms with Gasteiger partial charge in [-0.2, -0.15) is 0 Å². The Morgan fingerprint density at radius 2 is 1.89 bits per heavy atom. The number of carbonyl (C=O) groups is 2. The third kappa shape index (κ3) is 3.91. The Bertz CT molecular complexity index is 884. The minimum atomic E-state index is -0.266. The number of benzene rings is 2. The first-order chi connectivity index (χ1) is 13.2. The van der Waals surface area contributed by atoms with Crippen molar-refractivity contribution in [2.24, 2.45) is 5.92 Å². The molecule has 0 aromatic heterocycles. The Hall–Kier alpha value is -2.37. The van der Waals surface area contributed by atoms with Gasteiger partial charge in [-0.3, -0.25) is 9.59 Å². The van der Waals surface area contributed by atoms with Gasteiger partial charge in [0.1, 0.15) is 0 Å². The van der Waals surface area contributed by atoms with Crippen LogP contribution < -0.4 is 15.5 Å². The van der Waals surface area contributed by atoms with Gasteiger partial charge in [-0.05, 0) is 60.8 Å². The number of amides is 2. The maximum absolute atomic E-state index is 12.5. The fraction of sp³-hybridized carbons (Fsp3) is 0.364. The number of anilines is 1. The van der Waals surface area contributed by atoms with E-state index in [1.165, 1.54) is 22.3 Å². The molecule has 1 saturated heterocycles. The van der Waals surface area contributed by atoms with Crippen LogP contribution in [0.4, 0.5) is 5.69 Å². The summed E-state index contributed by atoms with van der Waals surface area (Å²) >= 11 is 0. The number of fused-ring (bicyclic) bond motifs is 3. The van der Waals surface area contributed by atoms with Gasteiger partial charge in [-0.15, -0.1) is 12.4 Å². The lowest BCUT2D eigenvalue weighted by Gasteiger charge is -2.18. The molecule has 5 nitrogen and oxygen atoms in total. The number of nitrogens with one attached hydrogen (secondary N) is 2. The summed E-state index contributed by atoms with van der Waals surface area (Å²) in [5, 5.41) is 6.01. The van der Waals surface area contributed by atoms with Gasteiger partial charge in [0.2, 0.25) is 11.8 Å². The van der Waals surface area contributed by atoms with E-state index in [4.69, 9.17) is 0 Å². The molecular weight excluding hydrogens is 374 g/mol. The summed E-state index contributed by atoms with van der Waals surface area (Å²) in [6, 6.07) is 14.7. The quantitative estimate of drug-likeness (QED) is 0.626. The minimum Gasteiger partial charge on any atom is -0.356 e. The largest absolute Gasteiger partial charge is 0.356 e. The molecular formula is C22H26ClN3O2. The molecule has 4 rings (SSSR count). The van der Waals surface area contributed by atoms with Gasteiger partial charge in [0.15, 0.2) is 0 Å². The Morgan fingerprint density at radius 1 is 1.11 bits per heavy atom. The molecule has 0 radical (unpaired) electrons. The van der Waals surface area contributed by atoms with Gasteiger partial charge in [0.25, 0.3) is 0 Å². The minimum absolute atomic E-state index is 0. The maximum Gasteiger partial charge on any atom is 0.227 e. The second kappa shape index (κ2) is 8.76. The van der Waals surface area contributed by atoms with Crippen molar-refractivity contribution in [3.8, 4) is 11.1 Å². The molecule has 1 aliphatic carbocycles. The number of hydrogen-bond acceptors (Lipinski definition) is 3. The van der Waals surface area contributed by atoms with Gasteiger partial charge in [0, 0.05) is 25.2 Å². The maximum atomic E-state index is 12.5. The van der Waals surface area contributed by atoms with Crippen LogP contribution in [0.25, 0.3) is 11.1 Å². The van der Waals surface area contributed by atoms with E-state index in [1.54, 1.807) is 4.90 Å². The first-order valence-corrected chi connectivity index (χ1v) is 9.61. The molecule has 1 heterocycles. The zero-order chi connectivity index (χ0) is 18.8. The lowest BCUT2D eigenvalue weighted by atomic mass is 10.1. The van der Waals surface area contributed by atoms with E-state index >= 15 is 0 Å². The molecule has 148 valence electrons. The summed E-state index contributed by atoms with van der Waals surface area (Å²) in [6.07, 6.45) is 2.07. The van der Waals surface area contributed by atoms with Crippen molar-refractivity contribution < 1.29 is 9.59 Å². The lowest BCUT2D eigenvalue weighted by molar-refractivity contribution is -0.126. The van der Waals surface area contributed by atoms with Crippen LogP contribution >= 0.6 is 12.4 Å².